The molecule has 22 heavy (non-hydrogen) atoms. The Bertz CT molecular complexity index is 458. The van der Waals surface area contributed by atoms with Crippen molar-refractivity contribution in [1.29, 1.82) is 0 Å². The van der Waals surface area contributed by atoms with E-state index in [0.717, 1.165) is 31.2 Å². The largest absolute Gasteiger partial charge is 1.00 e. The van der Waals surface area contributed by atoms with E-state index in [1.807, 2.05) is 29.2 Å². The van der Waals surface area contributed by atoms with Crippen LogP contribution in [0.25, 0.3) is 0 Å². The maximum absolute atomic E-state index is 13.0. The van der Waals surface area contributed by atoms with E-state index in [2.05, 4.69) is 27.7 Å². The van der Waals surface area contributed by atoms with E-state index < -0.39 is 0 Å². The number of hydrogen-bond donors (Lipinski definition) is 1. The molecule has 0 heterocycles. The van der Waals surface area contributed by atoms with Crippen LogP contribution in [0.3, 0.4) is 0 Å². The van der Waals surface area contributed by atoms with E-state index in [1.165, 1.54) is 0 Å². The average molecular weight is 297 g/mol. The maximum Gasteiger partial charge on any atom is 1.00 e. The molecule has 0 saturated carbocycles. The molecule has 0 unspecified atom stereocenters. The first-order chi connectivity index (χ1) is 10.1. The van der Waals surface area contributed by atoms with Crippen molar-refractivity contribution >= 4 is 5.91 Å². The van der Waals surface area contributed by atoms with Crippen LogP contribution in [0.2, 0.25) is 0 Å². The zero-order chi connectivity index (χ0) is 15.9. The molecule has 0 aliphatic carbocycles. The summed E-state index contributed by atoms with van der Waals surface area (Å²) in [6, 6.07) is 7.41. The quantitative estimate of drug-likeness (QED) is 0.566. The first kappa shape index (κ1) is 21.1. The number of aliphatic hydroxyl groups excluding tert-OH is 1. The molecule has 0 radical (unpaired) electrons. The van der Waals surface area contributed by atoms with Crippen LogP contribution in [0, 0.1) is 6.92 Å². The van der Waals surface area contributed by atoms with Crippen molar-refractivity contribution in [3.05, 3.63) is 42.3 Å². The molecule has 118 valence electrons. The fraction of sp³-hybridized carbons (Fsp3) is 0.556. The van der Waals surface area contributed by atoms with E-state index in [1.54, 1.807) is 0 Å². The number of amides is 1. The van der Waals surface area contributed by atoms with Gasteiger partial charge in [0.05, 0.1) is 6.61 Å². The van der Waals surface area contributed by atoms with Crippen LogP contribution in [0.15, 0.2) is 24.3 Å². The molecule has 0 saturated heterocycles. The zero-order valence-electron chi connectivity index (χ0n) is 14.6. The van der Waals surface area contributed by atoms with Gasteiger partial charge in [0.1, 0.15) is 0 Å². The maximum atomic E-state index is 13.0. The summed E-state index contributed by atoms with van der Waals surface area (Å²) < 4.78 is 0. The zero-order valence-corrected chi connectivity index (χ0v) is 14.6. The summed E-state index contributed by atoms with van der Waals surface area (Å²) in [5.74, 6) is -0.0215. The second kappa shape index (κ2) is 10.00. The van der Waals surface area contributed by atoms with Gasteiger partial charge in [0.25, 0.3) is 0 Å². The monoisotopic (exact) mass is 297 g/mol. The normalized spacial score (nSPS) is 10.9. The Morgan fingerprint density at radius 3 is 2.27 bits per heavy atom. The van der Waals surface area contributed by atoms with E-state index in [4.69, 9.17) is 0 Å². The third-order valence-electron chi connectivity index (χ3n) is 4.42. The number of hydrogen-bond acceptors (Lipinski definition) is 2. The standard InChI is InChI=1S/C18H28NO2.Li/c1-5-12-18(6-2,7-3)19(13-14-20)17(21)16-11-9-8-10-15(16)4;/h8-11,20H,4-7,12-14H2,1-3H3;/q-1;+1. The molecule has 1 aromatic rings. The minimum absolute atomic E-state index is 0. The third kappa shape index (κ3) is 4.55. The topological polar surface area (TPSA) is 40.5 Å². The van der Waals surface area contributed by atoms with E-state index >= 15 is 0 Å². The number of rotatable bonds is 8. The van der Waals surface area contributed by atoms with Crippen molar-refractivity contribution in [1.82, 2.24) is 4.90 Å². The third-order valence-corrected chi connectivity index (χ3v) is 4.42. The minimum Gasteiger partial charge on any atom is -0.395 e. The Balaban J connectivity index is 0.00000441. The van der Waals surface area contributed by atoms with Crippen molar-refractivity contribution in [3.63, 3.8) is 0 Å². The van der Waals surface area contributed by atoms with Crippen molar-refractivity contribution < 1.29 is 28.8 Å². The van der Waals surface area contributed by atoms with Gasteiger partial charge in [0, 0.05) is 12.1 Å². The van der Waals surface area contributed by atoms with Gasteiger partial charge in [-0.1, -0.05) is 38.8 Å². The van der Waals surface area contributed by atoms with E-state index in [0.29, 0.717) is 12.1 Å². The first-order valence-corrected chi connectivity index (χ1v) is 7.90. The van der Waals surface area contributed by atoms with Gasteiger partial charge in [0.15, 0.2) is 5.91 Å². The summed E-state index contributed by atoms with van der Waals surface area (Å²) in [7, 11) is 0. The number of β-amino-alcohol motifs (C(OH)–C–C–N with tert-alkyl or cyclic N) is 1. The van der Waals surface area contributed by atoms with Gasteiger partial charge in [-0.3, -0.25) is 4.79 Å². The van der Waals surface area contributed by atoms with Crippen LogP contribution in [0.5, 0.6) is 0 Å². The van der Waals surface area contributed by atoms with Gasteiger partial charge in [0.2, 0.25) is 0 Å². The van der Waals surface area contributed by atoms with Crippen LogP contribution in [-0.2, 0) is 0 Å². The molecule has 1 rings (SSSR count). The van der Waals surface area contributed by atoms with Crippen molar-refractivity contribution in [2.24, 2.45) is 0 Å². The van der Waals surface area contributed by atoms with Crippen molar-refractivity contribution in [2.75, 3.05) is 13.2 Å². The van der Waals surface area contributed by atoms with Crippen LogP contribution < -0.4 is 18.9 Å². The summed E-state index contributed by atoms with van der Waals surface area (Å²) in [6.45, 7) is 10.7. The number of nitrogens with zero attached hydrogens (tertiary/aromatic N) is 1. The summed E-state index contributed by atoms with van der Waals surface area (Å²) in [5.41, 5.74) is 1.19. The number of aliphatic hydroxyl groups is 1. The predicted molar refractivity (Wildman–Crippen MR) is 87.2 cm³/mol. The van der Waals surface area contributed by atoms with Gasteiger partial charge < -0.3 is 10.0 Å². The molecular weight excluding hydrogens is 269 g/mol. The smallest absolute Gasteiger partial charge is 0.395 e. The summed E-state index contributed by atoms with van der Waals surface area (Å²) in [6.07, 6.45) is 3.75. The molecule has 0 fully saturated rings. The van der Waals surface area contributed by atoms with Gasteiger partial charge in [-0.2, -0.15) is 18.6 Å². The molecule has 0 aliphatic heterocycles. The molecule has 0 spiro atoms. The molecule has 0 bridgehead atoms. The Kier molecular flexibility index (Phi) is 9.60. The Labute approximate surface area is 147 Å². The Hall–Kier alpha value is -0.883. The molecular formula is C18H28LiNO2. The van der Waals surface area contributed by atoms with Crippen molar-refractivity contribution in [3.8, 4) is 0 Å². The minimum atomic E-state index is -0.184. The second-order valence-corrected chi connectivity index (χ2v) is 5.52. The van der Waals surface area contributed by atoms with Crippen LogP contribution in [0.4, 0.5) is 0 Å². The van der Waals surface area contributed by atoms with Gasteiger partial charge in [-0.05, 0) is 19.3 Å². The fourth-order valence-corrected chi connectivity index (χ4v) is 3.11. The molecule has 0 aromatic heterocycles. The molecule has 3 nitrogen and oxygen atoms in total. The number of carbonyl (C=O) groups is 1. The van der Waals surface area contributed by atoms with Gasteiger partial charge in [-0.15, -0.1) is 12.1 Å². The van der Waals surface area contributed by atoms with E-state index in [-0.39, 0.29) is 36.9 Å². The predicted octanol–water partition coefficient (Wildman–Crippen LogP) is 0.666. The SMILES string of the molecule is [CH2-]c1ccccc1C(=O)N(CCO)C(CC)(CC)CCC.[Li+]. The first-order valence-electron chi connectivity index (χ1n) is 7.90. The summed E-state index contributed by atoms with van der Waals surface area (Å²) >= 11 is 0. The molecule has 0 aliphatic rings. The number of benzene rings is 1. The van der Waals surface area contributed by atoms with Crippen LogP contribution in [-0.4, -0.2) is 34.6 Å². The summed E-state index contributed by atoms with van der Waals surface area (Å²) in [4.78, 5) is 14.8. The van der Waals surface area contributed by atoms with Crippen LogP contribution in [0.1, 0.15) is 62.4 Å². The summed E-state index contributed by atoms with van der Waals surface area (Å²) in [5, 5.41) is 9.41. The molecule has 1 aromatic carbocycles. The molecule has 1 N–H and O–H groups in total. The van der Waals surface area contributed by atoms with E-state index in [9.17, 15) is 9.90 Å². The molecule has 4 heteroatoms. The van der Waals surface area contributed by atoms with Crippen LogP contribution >= 0.6 is 0 Å². The average Bonchev–Trinajstić information content (AvgIpc) is 2.50. The van der Waals surface area contributed by atoms with Gasteiger partial charge >= 0.3 is 18.9 Å². The Morgan fingerprint density at radius 1 is 1.23 bits per heavy atom. The fourth-order valence-electron chi connectivity index (χ4n) is 3.11. The second-order valence-electron chi connectivity index (χ2n) is 5.52. The molecule has 0 atom stereocenters. The molecule has 1 amide bonds. The number of carbonyl (C=O) groups excluding carboxylic acids is 1. The Morgan fingerprint density at radius 2 is 1.82 bits per heavy atom. The van der Waals surface area contributed by atoms with Crippen molar-refractivity contribution in [2.45, 2.75) is 52.0 Å². The van der Waals surface area contributed by atoms with Gasteiger partial charge in [-0.25, -0.2) is 0 Å².